The average Bonchev–Trinajstić information content (AvgIpc) is 2.97. The molecule has 1 heteroatoms. The molecule has 154 valence electrons. The molecule has 0 heterocycles. The van der Waals surface area contributed by atoms with Crippen molar-refractivity contribution in [1.82, 2.24) is 0 Å². The monoisotopic (exact) mass is 372 g/mol. The fourth-order valence-corrected chi connectivity index (χ4v) is 8.71. The van der Waals surface area contributed by atoms with Gasteiger partial charge >= 0.3 is 0 Å². The smallest absolute Gasteiger partial charge is 0.0608 e. The average molecular weight is 373 g/mol. The molecule has 1 nitrogen and oxygen atoms in total. The highest BCUT2D eigenvalue weighted by Crippen LogP contribution is 2.67. The van der Waals surface area contributed by atoms with E-state index in [0.717, 1.165) is 35.5 Å². The molecule has 0 saturated heterocycles. The zero-order chi connectivity index (χ0) is 19.4. The van der Waals surface area contributed by atoms with Crippen molar-refractivity contribution in [2.24, 2.45) is 46.3 Å². The van der Waals surface area contributed by atoms with E-state index in [9.17, 15) is 0 Å². The van der Waals surface area contributed by atoms with Crippen LogP contribution in [0.5, 0.6) is 0 Å². The van der Waals surface area contributed by atoms with Gasteiger partial charge in [-0.2, -0.15) is 0 Å². The van der Waals surface area contributed by atoms with Crippen LogP contribution in [0.1, 0.15) is 92.4 Å². The van der Waals surface area contributed by atoms with Gasteiger partial charge in [-0.3, -0.25) is 0 Å². The van der Waals surface area contributed by atoms with Crippen molar-refractivity contribution in [2.75, 3.05) is 7.11 Å². The van der Waals surface area contributed by atoms with Crippen LogP contribution in [0.3, 0.4) is 0 Å². The van der Waals surface area contributed by atoms with Crippen molar-refractivity contribution in [1.29, 1.82) is 0 Å². The Morgan fingerprint density at radius 2 is 1.81 bits per heavy atom. The molecule has 0 aromatic rings. The zero-order valence-corrected chi connectivity index (χ0v) is 18.9. The van der Waals surface area contributed by atoms with E-state index in [1.165, 1.54) is 57.8 Å². The predicted octanol–water partition coefficient (Wildman–Crippen LogP) is 7.26. The molecule has 0 N–H and O–H groups in total. The Kier molecular flexibility index (Phi) is 5.32. The van der Waals surface area contributed by atoms with Crippen molar-refractivity contribution in [3.05, 3.63) is 11.6 Å². The van der Waals surface area contributed by atoms with Gasteiger partial charge in [0.1, 0.15) is 0 Å². The Labute approximate surface area is 168 Å². The summed E-state index contributed by atoms with van der Waals surface area (Å²) in [7, 11) is 1.91. The summed E-state index contributed by atoms with van der Waals surface area (Å²) in [5.41, 5.74) is 2.84. The summed E-state index contributed by atoms with van der Waals surface area (Å²) in [6.07, 6.45) is 15.7. The van der Waals surface area contributed by atoms with Gasteiger partial charge in [-0.25, -0.2) is 0 Å². The van der Waals surface area contributed by atoms with Crippen molar-refractivity contribution in [2.45, 2.75) is 98.5 Å². The molecule has 0 spiro atoms. The highest BCUT2D eigenvalue weighted by molar-refractivity contribution is 5.25. The first-order chi connectivity index (χ1) is 12.8. The van der Waals surface area contributed by atoms with Crippen LogP contribution < -0.4 is 0 Å². The molecule has 4 aliphatic rings. The minimum atomic E-state index is 0.473. The van der Waals surface area contributed by atoms with Gasteiger partial charge in [0.2, 0.25) is 0 Å². The molecule has 3 saturated carbocycles. The molecule has 0 amide bonds. The molecule has 0 aromatic carbocycles. The first kappa shape index (κ1) is 20.0. The Bertz CT molecular complexity index is 577. The first-order valence-corrected chi connectivity index (χ1v) is 12.0. The predicted molar refractivity (Wildman–Crippen MR) is 115 cm³/mol. The molecule has 0 bridgehead atoms. The standard InChI is InChI=1S/C26H44O/c1-17(2)15-18(3)22-9-10-23-21-8-7-19-16-20(27-6)11-13-25(19,4)24(21)12-14-26(22,23)5/h7,17-18,20-24H,8-16H2,1-6H3. The Balaban J connectivity index is 1.56. The molecule has 3 fully saturated rings. The Hall–Kier alpha value is -0.300. The van der Waals surface area contributed by atoms with Crippen molar-refractivity contribution >= 4 is 0 Å². The second-order valence-corrected chi connectivity index (χ2v) is 11.7. The highest BCUT2D eigenvalue weighted by atomic mass is 16.5. The number of hydrogen-bond donors (Lipinski definition) is 0. The molecule has 4 aliphatic carbocycles. The summed E-state index contributed by atoms with van der Waals surface area (Å²) >= 11 is 0. The maximum atomic E-state index is 5.74. The minimum absolute atomic E-state index is 0.473. The second-order valence-electron chi connectivity index (χ2n) is 11.7. The van der Waals surface area contributed by atoms with Crippen LogP contribution >= 0.6 is 0 Å². The van der Waals surface area contributed by atoms with Crippen LogP contribution in [0, 0.1) is 46.3 Å². The SMILES string of the molecule is COC1CCC2(C)C(=CCC3C2CCC2(C)C(C(C)CC(C)C)CCC32)C1. The van der Waals surface area contributed by atoms with Gasteiger partial charge < -0.3 is 4.74 Å². The molecule has 0 aliphatic heterocycles. The summed E-state index contributed by atoms with van der Waals surface area (Å²) in [5, 5.41) is 0. The molecule has 27 heavy (non-hydrogen) atoms. The third-order valence-corrected chi connectivity index (χ3v) is 10.00. The van der Waals surface area contributed by atoms with Gasteiger partial charge in [-0.1, -0.05) is 46.3 Å². The molecular weight excluding hydrogens is 328 g/mol. The van der Waals surface area contributed by atoms with E-state index in [2.05, 4.69) is 40.7 Å². The van der Waals surface area contributed by atoms with Crippen molar-refractivity contribution in [3.8, 4) is 0 Å². The number of hydrogen-bond acceptors (Lipinski definition) is 1. The Morgan fingerprint density at radius 3 is 2.52 bits per heavy atom. The van der Waals surface area contributed by atoms with E-state index < -0.39 is 0 Å². The van der Waals surface area contributed by atoms with Gasteiger partial charge in [-0.15, -0.1) is 0 Å². The van der Waals surface area contributed by atoms with Crippen LogP contribution in [0.25, 0.3) is 0 Å². The van der Waals surface area contributed by atoms with Gasteiger partial charge in [0.05, 0.1) is 6.10 Å². The molecule has 8 unspecified atom stereocenters. The summed E-state index contributed by atoms with van der Waals surface area (Å²) in [6.45, 7) is 12.7. The Morgan fingerprint density at radius 1 is 1.04 bits per heavy atom. The van der Waals surface area contributed by atoms with Gasteiger partial charge in [-0.05, 0) is 104 Å². The number of fused-ring (bicyclic) bond motifs is 5. The fraction of sp³-hybridized carbons (Fsp3) is 0.923. The lowest BCUT2D eigenvalue weighted by molar-refractivity contribution is -0.0606. The number of ether oxygens (including phenoxy) is 1. The molecule has 8 atom stereocenters. The summed E-state index contributed by atoms with van der Waals surface area (Å²) in [6, 6.07) is 0. The van der Waals surface area contributed by atoms with Crippen LogP contribution in [-0.4, -0.2) is 13.2 Å². The lowest BCUT2D eigenvalue weighted by Crippen LogP contribution is -2.51. The lowest BCUT2D eigenvalue weighted by atomic mass is 9.47. The van der Waals surface area contributed by atoms with E-state index in [1.807, 2.05) is 7.11 Å². The van der Waals surface area contributed by atoms with Crippen LogP contribution in [0.15, 0.2) is 11.6 Å². The van der Waals surface area contributed by atoms with E-state index in [4.69, 9.17) is 4.74 Å². The highest BCUT2D eigenvalue weighted by Gasteiger charge is 2.59. The van der Waals surface area contributed by atoms with E-state index in [1.54, 1.807) is 5.57 Å². The summed E-state index contributed by atoms with van der Waals surface area (Å²) in [5.74, 6) is 5.58. The topological polar surface area (TPSA) is 9.23 Å². The van der Waals surface area contributed by atoms with Gasteiger partial charge in [0, 0.05) is 7.11 Å². The number of methoxy groups -OCH3 is 1. The third kappa shape index (κ3) is 3.15. The van der Waals surface area contributed by atoms with Gasteiger partial charge in [0.15, 0.2) is 0 Å². The van der Waals surface area contributed by atoms with Gasteiger partial charge in [0.25, 0.3) is 0 Å². The van der Waals surface area contributed by atoms with Crippen LogP contribution in [0.2, 0.25) is 0 Å². The van der Waals surface area contributed by atoms with E-state index in [0.29, 0.717) is 16.9 Å². The molecule has 0 radical (unpaired) electrons. The molecule has 4 rings (SSSR count). The van der Waals surface area contributed by atoms with Crippen molar-refractivity contribution in [3.63, 3.8) is 0 Å². The zero-order valence-electron chi connectivity index (χ0n) is 18.9. The van der Waals surface area contributed by atoms with E-state index >= 15 is 0 Å². The van der Waals surface area contributed by atoms with Crippen LogP contribution in [0.4, 0.5) is 0 Å². The number of rotatable bonds is 4. The summed E-state index contributed by atoms with van der Waals surface area (Å²) in [4.78, 5) is 0. The molecule has 0 aromatic heterocycles. The van der Waals surface area contributed by atoms with Crippen LogP contribution in [-0.2, 0) is 4.74 Å². The maximum absolute atomic E-state index is 5.74. The van der Waals surface area contributed by atoms with E-state index in [-0.39, 0.29) is 0 Å². The summed E-state index contributed by atoms with van der Waals surface area (Å²) < 4.78 is 5.74. The fourth-order valence-electron chi connectivity index (χ4n) is 8.71. The second kappa shape index (κ2) is 7.19. The normalized spacial score (nSPS) is 47.8. The largest absolute Gasteiger partial charge is 0.381 e. The third-order valence-electron chi connectivity index (χ3n) is 10.00. The first-order valence-electron chi connectivity index (χ1n) is 12.0. The quantitative estimate of drug-likeness (QED) is 0.472. The molecular formula is C26H44O. The van der Waals surface area contributed by atoms with Crippen molar-refractivity contribution < 1.29 is 4.74 Å². The number of allylic oxidation sites excluding steroid dienone is 1. The lowest BCUT2D eigenvalue weighted by Gasteiger charge is -2.58. The minimum Gasteiger partial charge on any atom is -0.381 e. The maximum Gasteiger partial charge on any atom is 0.0608 e.